The minimum absolute atomic E-state index is 0. The average Bonchev–Trinajstić information content (AvgIpc) is 2.46. The summed E-state index contributed by atoms with van der Waals surface area (Å²) in [7, 11) is 0. The molecule has 0 aliphatic heterocycles. The number of H-pyrrole nitrogens is 1. The van der Waals surface area contributed by atoms with E-state index in [0.29, 0.717) is 32.7 Å². The molecular weight excluding hydrogens is 496 g/mol. The van der Waals surface area contributed by atoms with Gasteiger partial charge in [0.25, 0.3) is 0 Å². The molecule has 1 N–H and O–H groups in total. The Labute approximate surface area is 152 Å². The minimum atomic E-state index is -0.199. The lowest BCUT2D eigenvalue weighted by Gasteiger charge is -2.05. The van der Waals surface area contributed by atoms with E-state index in [1.807, 2.05) is 0 Å². The Balaban J connectivity index is 0.000000807. The Kier molecular flexibility index (Phi) is 4.42. The van der Waals surface area contributed by atoms with Crippen molar-refractivity contribution < 1.29 is 0 Å². The molecule has 0 fully saturated rings. The van der Waals surface area contributed by atoms with Crippen molar-refractivity contribution >= 4 is 80.7 Å². The number of hydrogen-bond acceptors (Lipinski definition) is 4. The van der Waals surface area contributed by atoms with Crippen LogP contribution in [-0.2, 0) is 0 Å². The zero-order valence-corrected chi connectivity index (χ0v) is 15.2. The van der Waals surface area contributed by atoms with E-state index in [1.165, 1.54) is 6.20 Å². The van der Waals surface area contributed by atoms with Crippen LogP contribution in [0.3, 0.4) is 0 Å². The maximum atomic E-state index is 12.4. The van der Waals surface area contributed by atoms with Crippen LogP contribution in [0, 0.1) is 0 Å². The number of benzene rings is 1. The second-order valence-corrected chi connectivity index (χ2v) is 4.34. The third-order valence-electron chi connectivity index (χ3n) is 3.32. The Morgan fingerprint density at radius 2 is 1.76 bits per heavy atom. The lowest BCUT2D eigenvalue weighted by molar-refractivity contribution is 1.34. The molecule has 0 aliphatic rings. The number of aromatic nitrogens is 3. The van der Waals surface area contributed by atoms with Crippen LogP contribution in [0.15, 0.2) is 46.4 Å². The lowest BCUT2D eigenvalue weighted by Crippen LogP contribution is -2.11. The first-order valence-corrected chi connectivity index (χ1v) is 5.78. The molecule has 0 unspecified atom stereocenters. The molecule has 21 heavy (non-hydrogen) atoms. The summed E-state index contributed by atoms with van der Waals surface area (Å²) in [5, 5.41) is 1.54. The molecule has 3 aromatic heterocycles. The topological polar surface area (TPSA) is 75.7 Å². The number of nitrogens with zero attached hydrogens (tertiary/aromatic N) is 2. The number of halogens is 2. The molecule has 0 amide bonds. The second kappa shape index (κ2) is 5.79. The molecule has 0 saturated carbocycles. The Hall–Kier alpha value is -1.36. The SMILES string of the molecule is I.I.O=c1cnc2c(=O)c3ccc[nH]c3c3nccc1c23. The standard InChI is InChI=1S/C14H7N3O2.2HI/c18-9-6-17-13-10-7(9)3-5-16-12(10)11-8(14(13)19)2-1-4-15-11;;/h1-6,15H;2*1H. The normalized spacial score (nSPS) is 10.5. The number of fused-ring (bicyclic) bond motifs is 2. The van der Waals surface area contributed by atoms with Crippen molar-refractivity contribution in [3.8, 4) is 0 Å². The van der Waals surface area contributed by atoms with Gasteiger partial charge in [0.05, 0.1) is 17.2 Å². The lowest BCUT2D eigenvalue weighted by atomic mass is 10.0. The highest BCUT2D eigenvalue weighted by Crippen LogP contribution is 2.24. The molecule has 1 aromatic carbocycles. The van der Waals surface area contributed by atoms with Crippen LogP contribution in [0.5, 0.6) is 0 Å². The smallest absolute Gasteiger partial charge is 0.214 e. The monoisotopic (exact) mass is 505 g/mol. The van der Waals surface area contributed by atoms with Crippen molar-refractivity contribution in [3.05, 3.63) is 57.2 Å². The molecule has 4 aromatic rings. The largest absolute Gasteiger partial charge is 0.359 e. The molecule has 0 spiro atoms. The van der Waals surface area contributed by atoms with Gasteiger partial charge in [0.2, 0.25) is 10.9 Å². The van der Waals surface area contributed by atoms with E-state index in [-0.39, 0.29) is 58.8 Å². The van der Waals surface area contributed by atoms with Gasteiger partial charge in [0.1, 0.15) is 5.52 Å². The summed E-state index contributed by atoms with van der Waals surface area (Å²) < 4.78 is 0. The molecule has 0 saturated heterocycles. The van der Waals surface area contributed by atoms with E-state index in [1.54, 1.807) is 30.6 Å². The number of aromatic amines is 1. The van der Waals surface area contributed by atoms with Gasteiger partial charge in [-0.25, -0.2) is 4.98 Å². The van der Waals surface area contributed by atoms with Crippen molar-refractivity contribution in [2.24, 2.45) is 0 Å². The van der Waals surface area contributed by atoms with E-state index < -0.39 is 0 Å². The van der Waals surface area contributed by atoms with Crippen LogP contribution < -0.4 is 10.9 Å². The van der Waals surface area contributed by atoms with Crippen molar-refractivity contribution in [1.29, 1.82) is 0 Å². The van der Waals surface area contributed by atoms with Gasteiger partial charge in [-0.2, -0.15) is 0 Å². The van der Waals surface area contributed by atoms with Crippen molar-refractivity contribution in [3.63, 3.8) is 0 Å². The minimum Gasteiger partial charge on any atom is -0.359 e. The summed E-state index contributed by atoms with van der Waals surface area (Å²) in [6.45, 7) is 0. The van der Waals surface area contributed by atoms with E-state index in [9.17, 15) is 9.59 Å². The fourth-order valence-corrected chi connectivity index (χ4v) is 2.48. The first kappa shape index (κ1) is 16.0. The molecular formula is C14H9I2N3O2. The summed E-state index contributed by atoms with van der Waals surface area (Å²) in [5.74, 6) is 0. The van der Waals surface area contributed by atoms with E-state index >= 15 is 0 Å². The molecule has 5 nitrogen and oxygen atoms in total. The number of nitrogens with one attached hydrogen (secondary N) is 1. The summed E-state index contributed by atoms with van der Waals surface area (Å²) in [6, 6.07) is 5.10. The van der Waals surface area contributed by atoms with Gasteiger partial charge in [0.15, 0.2) is 0 Å². The number of hydrogen-bond donors (Lipinski definition) is 1. The average molecular weight is 505 g/mol. The summed E-state index contributed by atoms with van der Waals surface area (Å²) in [4.78, 5) is 35.5. The van der Waals surface area contributed by atoms with E-state index in [2.05, 4.69) is 15.0 Å². The third-order valence-corrected chi connectivity index (χ3v) is 3.32. The van der Waals surface area contributed by atoms with Gasteiger partial charge in [-0.05, 0) is 18.2 Å². The fraction of sp³-hybridized carbons (Fsp3) is 0. The fourth-order valence-electron chi connectivity index (χ4n) is 2.48. The van der Waals surface area contributed by atoms with E-state index in [4.69, 9.17) is 0 Å². The second-order valence-electron chi connectivity index (χ2n) is 4.34. The zero-order valence-electron chi connectivity index (χ0n) is 10.5. The summed E-state index contributed by atoms with van der Waals surface area (Å²) in [5.41, 5.74) is 1.16. The van der Waals surface area contributed by atoms with E-state index in [0.717, 1.165) is 0 Å². The van der Waals surface area contributed by atoms with Crippen LogP contribution in [0.1, 0.15) is 0 Å². The molecule has 3 heterocycles. The molecule has 4 rings (SSSR count). The van der Waals surface area contributed by atoms with Gasteiger partial charge in [-0.3, -0.25) is 14.6 Å². The predicted octanol–water partition coefficient (Wildman–Crippen LogP) is 2.66. The zero-order chi connectivity index (χ0) is 13.0. The summed E-state index contributed by atoms with van der Waals surface area (Å²) in [6.07, 6.45) is 4.49. The van der Waals surface area contributed by atoms with Crippen LogP contribution in [0.2, 0.25) is 0 Å². The van der Waals surface area contributed by atoms with Crippen LogP contribution in [0.4, 0.5) is 0 Å². The van der Waals surface area contributed by atoms with Gasteiger partial charge in [-0.1, -0.05) is 0 Å². The quantitative estimate of drug-likeness (QED) is 0.227. The first-order chi connectivity index (χ1) is 9.27. The maximum Gasteiger partial charge on any atom is 0.214 e. The van der Waals surface area contributed by atoms with Crippen LogP contribution >= 0.6 is 48.0 Å². The maximum absolute atomic E-state index is 12.4. The highest BCUT2D eigenvalue weighted by atomic mass is 127. The number of rotatable bonds is 0. The molecule has 7 heteroatoms. The predicted molar refractivity (Wildman–Crippen MR) is 103 cm³/mol. The highest BCUT2D eigenvalue weighted by molar-refractivity contribution is 14.0. The molecule has 0 aliphatic carbocycles. The van der Waals surface area contributed by atoms with Crippen molar-refractivity contribution in [1.82, 2.24) is 15.0 Å². The Morgan fingerprint density at radius 3 is 2.57 bits per heavy atom. The summed E-state index contributed by atoms with van der Waals surface area (Å²) >= 11 is 0. The highest BCUT2D eigenvalue weighted by Gasteiger charge is 2.14. The third kappa shape index (κ3) is 2.18. The van der Waals surface area contributed by atoms with Gasteiger partial charge in [-0.15, -0.1) is 48.0 Å². The first-order valence-electron chi connectivity index (χ1n) is 5.78. The van der Waals surface area contributed by atoms with Gasteiger partial charge in [0, 0.05) is 28.6 Å². The van der Waals surface area contributed by atoms with Crippen molar-refractivity contribution in [2.45, 2.75) is 0 Å². The van der Waals surface area contributed by atoms with Crippen LogP contribution in [0.25, 0.3) is 32.7 Å². The molecule has 106 valence electrons. The Morgan fingerprint density at radius 1 is 0.952 bits per heavy atom. The molecule has 0 radical (unpaired) electrons. The Bertz CT molecular complexity index is 1060. The van der Waals surface area contributed by atoms with Crippen molar-refractivity contribution in [2.75, 3.05) is 0 Å². The molecule has 0 atom stereocenters. The van der Waals surface area contributed by atoms with Gasteiger partial charge < -0.3 is 4.98 Å². The molecule has 0 bridgehead atoms. The number of pyridine rings is 3. The van der Waals surface area contributed by atoms with Gasteiger partial charge >= 0.3 is 0 Å². The van der Waals surface area contributed by atoms with Crippen LogP contribution in [-0.4, -0.2) is 15.0 Å².